The quantitative estimate of drug-likeness (QED) is 0.694. The molecule has 0 saturated heterocycles. The maximum atomic E-state index is 12.1. The van der Waals surface area contributed by atoms with Gasteiger partial charge in [0.2, 0.25) is 6.43 Å². The lowest BCUT2D eigenvalue weighted by atomic mass is 9.74. The number of allylic oxidation sites excluding steroid dienone is 2. The first-order valence-electron chi connectivity index (χ1n) is 4.23. The average molecular weight is 190 g/mol. The molecule has 74 valence electrons. The highest BCUT2D eigenvalue weighted by molar-refractivity contribution is 5.75. The molecule has 13 heavy (non-hydrogen) atoms. The van der Waals surface area contributed by atoms with E-state index in [0.717, 1.165) is 0 Å². The van der Waals surface area contributed by atoms with Gasteiger partial charge >= 0.3 is 5.97 Å². The molecule has 2 nitrogen and oxygen atoms in total. The summed E-state index contributed by atoms with van der Waals surface area (Å²) in [5, 5.41) is 8.87. The summed E-state index contributed by atoms with van der Waals surface area (Å²) < 4.78 is 24.3. The van der Waals surface area contributed by atoms with Crippen LogP contribution in [0.5, 0.6) is 0 Å². The summed E-state index contributed by atoms with van der Waals surface area (Å²) in [5.74, 6) is -1.10. The highest BCUT2D eigenvalue weighted by Gasteiger charge is 2.40. The Labute approximate surface area is 75.3 Å². The second kappa shape index (κ2) is 3.85. The van der Waals surface area contributed by atoms with E-state index in [9.17, 15) is 13.6 Å². The second-order valence-electron chi connectivity index (χ2n) is 3.39. The largest absolute Gasteiger partial charge is 0.481 e. The third-order valence-corrected chi connectivity index (χ3v) is 2.46. The minimum atomic E-state index is -2.54. The maximum absolute atomic E-state index is 12.1. The van der Waals surface area contributed by atoms with Gasteiger partial charge in [-0.1, -0.05) is 12.2 Å². The van der Waals surface area contributed by atoms with Crippen LogP contribution in [0, 0.1) is 5.41 Å². The van der Waals surface area contributed by atoms with Crippen LogP contribution in [0.1, 0.15) is 25.7 Å². The lowest BCUT2D eigenvalue weighted by molar-refractivity contribution is -0.152. The van der Waals surface area contributed by atoms with E-state index in [4.69, 9.17) is 5.11 Å². The fourth-order valence-corrected chi connectivity index (χ4v) is 1.65. The Bertz CT molecular complexity index is 226. The van der Waals surface area contributed by atoms with Crippen molar-refractivity contribution in [2.75, 3.05) is 0 Å². The van der Waals surface area contributed by atoms with Gasteiger partial charge in [-0.2, -0.15) is 0 Å². The van der Waals surface area contributed by atoms with Crippen molar-refractivity contribution >= 4 is 5.97 Å². The zero-order chi connectivity index (χ0) is 9.90. The molecule has 1 aliphatic rings. The van der Waals surface area contributed by atoms with Crippen molar-refractivity contribution in [3.05, 3.63) is 12.2 Å². The van der Waals surface area contributed by atoms with Crippen LogP contribution in [0.25, 0.3) is 0 Å². The highest BCUT2D eigenvalue weighted by Crippen LogP contribution is 2.38. The minimum Gasteiger partial charge on any atom is -0.481 e. The zero-order valence-electron chi connectivity index (χ0n) is 7.17. The van der Waals surface area contributed by atoms with Crippen LogP contribution in [0.3, 0.4) is 0 Å². The van der Waals surface area contributed by atoms with Gasteiger partial charge in [-0.3, -0.25) is 4.79 Å². The number of halogens is 2. The summed E-state index contributed by atoms with van der Waals surface area (Å²) >= 11 is 0. The van der Waals surface area contributed by atoms with Crippen LogP contribution in [0.4, 0.5) is 8.78 Å². The Morgan fingerprint density at radius 2 is 2.23 bits per heavy atom. The number of hydrogen-bond acceptors (Lipinski definition) is 1. The van der Waals surface area contributed by atoms with Gasteiger partial charge < -0.3 is 5.11 Å². The topological polar surface area (TPSA) is 37.3 Å². The monoisotopic (exact) mass is 190 g/mol. The van der Waals surface area contributed by atoms with Crippen LogP contribution in [-0.4, -0.2) is 17.5 Å². The molecule has 0 fully saturated rings. The van der Waals surface area contributed by atoms with Crippen LogP contribution < -0.4 is 0 Å². The van der Waals surface area contributed by atoms with E-state index in [1.54, 1.807) is 6.08 Å². The molecule has 0 amide bonds. The van der Waals surface area contributed by atoms with E-state index in [0.29, 0.717) is 12.8 Å². The molecule has 0 bridgehead atoms. The number of carbonyl (C=O) groups is 1. The van der Waals surface area contributed by atoms with E-state index >= 15 is 0 Å². The third-order valence-electron chi connectivity index (χ3n) is 2.46. The standard InChI is InChI=1S/C9H12F2O2/c10-7(11)6-9(8(12)13)4-2-1-3-5-9/h1-2,7H,3-6H2,(H,12,13). The number of carboxylic acids is 1. The van der Waals surface area contributed by atoms with Gasteiger partial charge in [0.05, 0.1) is 5.41 Å². The molecule has 0 aliphatic heterocycles. The molecule has 1 aliphatic carbocycles. The molecule has 4 heteroatoms. The first kappa shape index (κ1) is 10.2. The fourth-order valence-electron chi connectivity index (χ4n) is 1.65. The van der Waals surface area contributed by atoms with E-state index in [1.807, 2.05) is 6.08 Å². The molecule has 1 rings (SSSR count). The Hall–Kier alpha value is -0.930. The van der Waals surface area contributed by atoms with Crippen molar-refractivity contribution in [3.63, 3.8) is 0 Å². The predicted molar refractivity (Wildman–Crippen MR) is 43.7 cm³/mol. The molecule has 0 spiro atoms. The Kier molecular flexibility index (Phi) is 3.01. The van der Waals surface area contributed by atoms with Gasteiger partial charge in [-0.25, -0.2) is 8.78 Å². The Balaban J connectivity index is 2.75. The SMILES string of the molecule is O=C(O)C1(CC(F)F)CC=CCC1. The van der Waals surface area contributed by atoms with Crippen LogP contribution >= 0.6 is 0 Å². The smallest absolute Gasteiger partial charge is 0.310 e. The molecule has 0 aromatic carbocycles. The van der Waals surface area contributed by atoms with Crippen molar-refractivity contribution in [2.45, 2.75) is 32.1 Å². The van der Waals surface area contributed by atoms with Crippen molar-refractivity contribution in [1.29, 1.82) is 0 Å². The normalized spacial score (nSPS) is 27.9. The van der Waals surface area contributed by atoms with E-state index in [1.165, 1.54) is 0 Å². The number of rotatable bonds is 3. The van der Waals surface area contributed by atoms with Gasteiger partial charge in [0.25, 0.3) is 0 Å². The fraction of sp³-hybridized carbons (Fsp3) is 0.667. The van der Waals surface area contributed by atoms with Crippen LogP contribution in [0.2, 0.25) is 0 Å². The molecule has 0 aromatic heterocycles. The van der Waals surface area contributed by atoms with Gasteiger partial charge in [0.1, 0.15) is 0 Å². The van der Waals surface area contributed by atoms with E-state index < -0.39 is 24.2 Å². The van der Waals surface area contributed by atoms with E-state index in [-0.39, 0.29) is 6.42 Å². The zero-order valence-corrected chi connectivity index (χ0v) is 7.17. The molecule has 1 unspecified atom stereocenters. The van der Waals surface area contributed by atoms with Crippen LogP contribution in [0.15, 0.2) is 12.2 Å². The summed E-state index contributed by atoms with van der Waals surface area (Å²) in [5.41, 5.74) is -1.22. The second-order valence-corrected chi connectivity index (χ2v) is 3.39. The van der Waals surface area contributed by atoms with Gasteiger partial charge in [-0.15, -0.1) is 0 Å². The first-order chi connectivity index (χ1) is 6.07. The maximum Gasteiger partial charge on any atom is 0.310 e. The summed E-state index contributed by atoms with van der Waals surface area (Å²) in [6, 6.07) is 0. The molecule has 0 radical (unpaired) electrons. The van der Waals surface area contributed by atoms with E-state index in [2.05, 4.69) is 0 Å². The summed E-state index contributed by atoms with van der Waals surface area (Å²) in [4.78, 5) is 10.8. The van der Waals surface area contributed by atoms with Crippen molar-refractivity contribution in [1.82, 2.24) is 0 Å². The Morgan fingerprint density at radius 1 is 1.54 bits per heavy atom. The van der Waals surface area contributed by atoms with Gasteiger partial charge in [0, 0.05) is 6.42 Å². The molecule has 0 aromatic rings. The number of carboxylic acid groups (broad SMARTS) is 1. The number of alkyl halides is 2. The molecule has 0 heterocycles. The van der Waals surface area contributed by atoms with Gasteiger partial charge in [0.15, 0.2) is 0 Å². The predicted octanol–water partition coefficient (Wildman–Crippen LogP) is 2.45. The van der Waals surface area contributed by atoms with Crippen molar-refractivity contribution in [3.8, 4) is 0 Å². The lowest BCUT2D eigenvalue weighted by Gasteiger charge is -2.29. The summed E-state index contributed by atoms with van der Waals surface area (Å²) in [7, 11) is 0. The molecule has 0 saturated carbocycles. The summed E-state index contributed by atoms with van der Waals surface area (Å²) in [6.07, 6.45) is 1.58. The number of hydrogen-bond donors (Lipinski definition) is 1. The molecular weight excluding hydrogens is 178 g/mol. The number of aliphatic carboxylic acids is 1. The van der Waals surface area contributed by atoms with Crippen LogP contribution in [-0.2, 0) is 4.79 Å². The molecular formula is C9H12F2O2. The lowest BCUT2D eigenvalue weighted by Crippen LogP contribution is -2.33. The van der Waals surface area contributed by atoms with Gasteiger partial charge in [-0.05, 0) is 19.3 Å². The minimum absolute atomic E-state index is 0.229. The third kappa shape index (κ3) is 2.26. The first-order valence-corrected chi connectivity index (χ1v) is 4.23. The molecule has 1 N–H and O–H groups in total. The molecule has 1 atom stereocenters. The van der Waals surface area contributed by atoms with Crippen molar-refractivity contribution < 1.29 is 18.7 Å². The average Bonchev–Trinajstić information content (AvgIpc) is 2.04. The highest BCUT2D eigenvalue weighted by atomic mass is 19.3. The Morgan fingerprint density at radius 3 is 2.62 bits per heavy atom. The van der Waals surface area contributed by atoms with Crippen molar-refractivity contribution in [2.24, 2.45) is 5.41 Å². The summed E-state index contributed by atoms with van der Waals surface area (Å²) in [6.45, 7) is 0.